The molecule has 0 bridgehead atoms. The van der Waals surface area contributed by atoms with Crippen LogP contribution in [-0.2, 0) is 14.3 Å². The first-order chi connectivity index (χ1) is 14.8. The average molecular weight is 428 g/mol. The van der Waals surface area contributed by atoms with E-state index in [-0.39, 0.29) is 29.2 Å². The van der Waals surface area contributed by atoms with Gasteiger partial charge in [0.25, 0.3) is 11.2 Å². The number of nitrogens with zero attached hydrogens (tertiary/aromatic N) is 3. The smallest absolute Gasteiger partial charge is 0.271 e. The predicted molar refractivity (Wildman–Crippen MR) is 110 cm³/mol. The molecule has 1 fully saturated rings. The van der Waals surface area contributed by atoms with Gasteiger partial charge in [-0.25, -0.2) is 0 Å². The molecule has 0 spiro atoms. The number of carbonyl (C=O) groups excluding carboxylic acids is 2. The molecular formula is C19H20N6O6. The zero-order chi connectivity index (χ0) is 22.1. The van der Waals surface area contributed by atoms with Crippen LogP contribution in [0.1, 0.15) is 23.5 Å². The number of amides is 2. The van der Waals surface area contributed by atoms with Gasteiger partial charge in [0.05, 0.1) is 35.3 Å². The fourth-order valence-corrected chi connectivity index (χ4v) is 3.59. The van der Waals surface area contributed by atoms with E-state index in [0.717, 1.165) is 0 Å². The van der Waals surface area contributed by atoms with Gasteiger partial charge in [-0.15, -0.1) is 0 Å². The molecule has 3 heterocycles. The van der Waals surface area contributed by atoms with Crippen molar-refractivity contribution in [3.63, 3.8) is 0 Å². The second-order valence-corrected chi connectivity index (χ2v) is 7.30. The number of nitrogens with one attached hydrogen (secondary N) is 3. The summed E-state index contributed by atoms with van der Waals surface area (Å²) in [5.41, 5.74) is 0.187. The Morgan fingerprint density at radius 1 is 1.32 bits per heavy atom. The number of anilines is 3. The molecule has 12 heteroatoms. The maximum Gasteiger partial charge on any atom is 0.271 e. The van der Waals surface area contributed by atoms with E-state index in [1.165, 1.54) is 18.2 Å². The fraction of sp³-hybridized carbons (Fsp3) is 0.368. The summed E-state index contributed by atoms with van der Waals surface area (Å²) in [6.07, 6.45) is -0.242. The first-order valence-electron chi connectivity index (χ1n) is 9.66. The minimum atomic E-state index is -1.09. The molecule has 2 aromatic rings. The molecule has 3 N–H and O–H groups in total. The summed E-state index contributed by atoms with van der Waals surface area (Å²) in [6.45, 7) is 3.72. The van der Waals surface area contributed by atoms with Crippen molar-refractivity contribution >= 4 is 35.0 Å². The van der Waals surface area contributed by atoms with Gasteiger partial charge in [0.15, 0.2) is 0 Å². The predicted octanol–water partition coefficient (Wildman–Crippen LogP) is 0.888. The number of aromatic nitrogens is 2. The molecule has 2 aliphatic rings. The van der Waals surface area contributed by atoms with E-state index in [2.05, 4.69) is 20.6 Å². The Hall–Kier alpha value is -3.80. The van der Waals surface area contributed by atoms with E-state index < -0.39 is 28.2 Å². The summed E-state index contributed by atoms with van der Waals surface area (Å²) >= 11 is 0. The number of nitro benzene ring substituents is 1. The Bertz CT molecular complexity index is 1120. The highest BCUT2D eigenvalue weighted by Gasteiger charge is 2.35. The highest BCUT2D eigenvalue weighted by Crippen LogP contribution is 2.31. The topological polar surface area (TPSA) is 160 Å². The minimum Gasteiger partial charge on any atom is -0.378 e. The van der Waals surface area contributed by atoms with E-state index >= 15 is 0 Å². The van der Waals surface area contributed by atoms with Gasteiger partial charge in [0.1, 0.15) is 5.82 Å². The van der Waals surface area contributed by atoms with Crippen LogP contribution in [0.5, 0.6) is 0 Å². The number of morpholine rings is 1. The third-order valence-corrected chi connectivity index (χ3v) is 5.26. The molecule has 2 amide bonds. The second-order valence-electron chi connectivity index (χ2n) is 7.30. The van der Waals surface area contributed by atoms with Crippen molar-refractivity contribution in [3.8, 4) is 0 Å². The lowest BCUT2D eigenvalue weighted by Gasteiger charge is -2.29. The lowest BCUT2D eigenvalue weighted by Crippen LogP contribution is -2.41. The molecule has 4 rings (SSSR count). The standard InChI is InChI=1S/C19H20N6O6/c1-10-2-3-11(25(29)30)8-13(10)20-17(27)12-9-14(26)21-16-15(12)18(28)23-19(22-16)24-4-6-31-7-5-24/h2-3,8,12H,4-7,9H2,1H3,(H,20,27)(H2,21,22,23,26,28)/t12-/m0/s1. The summed E-state index contributed by atoms with van der Waals surface area (Å²) < 4.78 is 5.29. The van der Waals surface area contributed by atoms with Gasteiger partial charge in [-0.3, -0.25) is 29.5 Å². The normalized spacial score (nSPS) is 18.2. The zero-order valence-corrected chi connectivity index (χ0v) is 16.6. The van der Waals surface area contributed by atoms with Crippen LogP contribution in [0.25, 0.3) is 0 Å². The van der Waals surface area contributed by atoms with Crippen molar-refractivity contribution in [2.75, 3.05) is 41.8 Å². The molecule has 12 nitrogen and oxygen atoms in total. The van der Waals surface area contributed by atoms with Gasteiger partial charge in [-0.2, -0.15) is 4.98 Å². The third kappa shape index (κ3) is 4.10. The van der Waals surface area contributed by atoms with Crippen molar-refractivity contribution in [2.45, 2.75) is 19.3 Å². The lowest BCUT2D eigenvalue weighted by molar-refractivity contribution is -0.384. The highest BCUT2D eigenvalue weighted by atomic mass is 16.6. The van der Waals surface area contributed by atoms with E-state index in [9.17, 15) is 24.5 Å². The van der Waals surface area contributed by atoms with Gasteiger partial charge in [0.2, 0.25) is 17.8 Å². The van der Waals surface area contributed by atoms with E-state index in [0.29, 0.717) is 37.8 Å². The molecular weight excluding hydrogens is 408 g/mol. The first-order valence-corrected chi connectivity index (χ1v) is 9.66. The Labute approximate surface area is 175 Å². The van der Waals surface area contributed by atoms with Crippen LogP contribution in [0.2, 0.25) is 0 Å². The number of ether oxygens (including phenoxy) is 1. The fourth-order valence-electron chi connectivity index (χ4n) is 3.59. The number of rotatable bonds is 4. The Morgan fingerprint density at radius 3 is 2.77 bits per heavy atom. The molecule has 1 aromatic carbocycles. The number of nitro groups is 1. The summed E-state index contributed by atoms with van der Waals surface area (Å²) in [4.78, 5) is 57.4. The largest absolute Gasteiger partial charge is 0.378 e. The van der Waals surface area contributed by atoms with Crippen molar-refractivity contribution in [3.05, 3.63) is 49.8 Å². The van der Waals surface area contributed by atoms with E-state index in [1.807, 2.05) is 4.90 Å². The Balaban J connectivity index is 1.65. The van der Waals surface area contributed by atoms with Crippen LogP contribution in [0.15, 0.2) is 23.0 Å². The molecule has 0 aliphatic carbocycles. The number of hydrogen-bond donors (Lipinski definition) is 3. The summed E-state index contributed by atoms with van der Waals surface area (Å²) in [6, 6.07) is 4.08. The average Bonchev–Trinajstić information content (AvgIpc) is 2.74. The van der Waals surface area contributed by atoms with Crippen LogP contribution in [-0.4, -0.2) is 53.0 Å². The van der Waals surface area contributed by atoms with Gasteiger partial charge in [-0.05, 0) is 12.5 Å². The number of aryl methyl sites for hydroxylation is 1. The second kappa shape index (κ2) is 8.14. The van der Waals surface area contributed by atoms with Crippen LogP contribution in [0.3, 0.4) is 0 Å². The lowest BCUT2D eigenvalue weighted by atomic mass is 9.92. The first kappa shape index (κ1) is 20.5. The Morgan fingerprint density at radius 2 is 2.06 bits per heavy atom. The quantitative estimate of drug-likeness (QED) is 0.478. The van der Waals surface area contributed by atoms with Gasteiger partial charge in [-0.1, -0.05) is 6.07 Å². The highest BCUT2D eigenvalue weighted by molar-refractivity contribution is 6.04. The van der Waals surface area contributed by atoms with Crippen LogP contribution in [0, 0.1) is 17.0 Å². The van der Waals surface area contributed by atoms with Crippen LogP contribution in [0.4, 0.5) is 23.1 Å². The molecule has 0 radical (unpaired) electrons. The maximum atomic E-state index is 13.0. The van der Waals surface area contributed by atoms with Crippen molar-refractivity contribution in [1.29, 1.82) is 0 Å². The summed E-state index contributed by atoms with van der Waals surface area (Å²) in [7, 11) is 0. The molecule has 1 aromatic heterocycles. The van der Waals surface area contributed by atoms with Gasteiger partial charge in [0, 0.05) is 31.6 Å². The molecule has 1 saturated heterocycles. The summed E-state index contributed by atoms with van der Waals surface area (Å²) in [5, 5.41) is 16.2. The molecule has 2 aliphatic heterocycles. The Kier molecular flexibility index (Phi) is 5.38. The van der Waals surface area contributed by atoms with Gasteiger partial charge < -0.3 is 20.3 Å². The number of carbonyl (C=O) groups is 2. The number of fused-ring (bicyclic) bond motifs is 1. The van der Waals surface area contributed by atoms with E-state index in [1.54, 1.807) is 6.92 Å². The monoisotopic (exact) mass is 428 g/mol. The van der Waals surface area contributed by atoms with Crippen molar-refractivity contribution in [1.82, 2.24) is 9.97 Å². The number of non-ortho nitro benzene ring substituents is 1. The number of hydrogen-bond acceptors (Lipinski definition) is 8. The molecule has 0 saturated carbocycles. The SMILES string of the molecule is Cc1ccc([N+](=O)[O-])cc1NC(=O)[C@H]1CC(=O)Nc2nc(N3CCOCC3)[nH]c(=O)c21. The molecule has 1 atom stereocenters. The molecule has 162 valence electrons. The van der Waals surface area contributed by atoms with Crippen molar-refractivity contribution < 1.29 is 19.2 Å². The molecule has 0 unspecified atom stereocenters. The van der Waals surface area contributed by atoms with E-state index in [4.69, 9.17) is 4.74 Å². The minimum absolute atomic E-state index is 0.0393. The number of H-pyrrole nitrogens is 1. The zero-order valence-electron chi connectivity index (χ0n) is 16.6. The molecule has 31 heavy (non-hydrogen) atoms. The number of benzene rings is 1. The van der Waals surface area contributed by atoms with Crippen molar-refractivity contribution in [2.24, 2.45) is 0 Å². The maximum absolute atomic E-state index is 13.0. The van der Waals surface area contributed by atoms with Crippen LogP contribution >= 0.6 is 0 Å². The van der Waals surface area contributed by atoms with Crippen LogP contribution < -0.4 is 21.1 Å². The number of aromatic amines is 1. The third-order valence-electron chi connectivity index (χ3n) is 5.26. The van der Waals surface area contributed by atoms with Gasteiger partial charge >= 0.3 is 0 Å². The summed E-state index contributed by atoms with van der Waals surface area (Å²) in [5.74, 6) is -1.82.